The number of hydrogen-bond acceptors (Lipinski definition) is 1. The fraction of sp³-hybridized carbons (Fsp3) is 0.667. The van der Waals surface area contributed by atoms with E-state index in [-0.39, 0.29) is 16.4 Å². The number of carbonyl (C=O) groups is 1. The molecule has 0 fully saturated rings. The third-order valence-electron chi connectivity index (χ3n) is 0.339. The Morgan fingerprint density at radius 2 is 1.67 bits per heavy atom. The first-order chi connectivity index (χ1) is 2.77. The second kappa shape index (κ2) is 15.7. The van der Waals surface area contributed by atoms with Gasteiger partial charge in [-0.2, -0.15) is 0 Å². The molecule has 0 aromatic rings. The van der Waals surface area contributed by atoms with Gasteiger partial charge in [0.05, 0.1) is 0 Å². The van der Waals surface area contributed by atoms with Crippen LogP contribution in [0, 0.1) is 0 Å². The standard InChI is InChI=1S/C3H5GeO2.3H2O/c4-2-1-3(5)6;;;/h1-2H2,(H,5,6);3*1H2. The molecule has 0 aliphatic rings. The van der Waals surface area contributed by atoms with Gasteiger partial charge in [0.25, 0.3) is 0 Å². The van der Waals surface area contributed by atoms with Crippen molar-refractivity contribution in [3.8, 4) is 0 Å². The first kappa shape index (κ1) is 23.1. The van der Waals surface area contributed by atoms with Crippen molar-refractivity contribution in [1.29, 1.82) is 0 Å². The Bertz CT molecular complexity index is 56.2. The van der Waals surface area contributed by atoms with Crippen LogP contribution in [0.3, 0.4) is 0 Å². The second-order valence-corrected chi connectivity index (χ2v) is 1.94. The molecule has 5 nitrogen and oxygen atoms in total. The van der Waals surface area contributed by atoms with Gasteiger partial charge in [-0.05, 0) is 0 Å². The zero-order valence-corrected chi connectivity index (χ0v) is 6.87. The molecular formula is C3H11GeO5. The third kappa shape index (κ3) is 32.8. The van der Waals surface area contributed by atoms with Crippen molar-refractivity contribution >= 4 is 22.5 Å². The fourth-order valence-corrected chi connectivity index (χ4v) is 0.556. The fourth-order valence-electron chi connectivity index (χ4n) is 0.107. The van der Waals surface area contributed by atoms with Crippen LogP contribution in [-0.4, -0.2) is 44.0 Å². The summed E-state index contributed by atoms with van der Waals surface area (Å²) in [7, 11) is 0. The van der Waals surface area contributed by atoms with Gasteiger partial charge in [0.2, 0.25) is 0 Å². The summed E-state index contributed by atoms with van der Waals surface area (Å²) in [6.45, 7) is 0. The molecule has 0 heterocycles. The predicted molar refractivity (Wildman–Crippen MR) is 33.7 cm³/mol. The van der Waals surface area contributed by atoms with Gasteiger partial charge in [0.1, 0.15) is 0 Å². The number of hydrogen-bond donors (Lipinski definition) is 1. The molecule has 0 atom stereocenters. The third-order valence-corrected chi connectivity index (χ3v) is 0.863. The van der Waals surface area contributed by atoms with E-state index in [1.54, 1.807) is 0 Å². The first-order valence-corrected chi connectivity index (χ1v) is 3.12. The molecule has 3 radical (unpaired) electrons. The van der Waals surface area contributed by atoms with Crippen molar-refractivity contribution in [3.05, 3.63) is 0 Å². The minimum absolute atomic E-state index is 0. The zero-order valence-electron chi connectivity index (χ0n) is 4.77. The van der Waals surface area contributed by atoms with Gasteiger partial charge >= 0.3 is 44.1 Å². The quantitative estimate of drug-likeness (QED) is 0.496. The van der Waals surface area contributed by atoms with E-state index in [0.717, 1.165) is 5.25 Å². The monoisotopic (exact) mass is 201 g/mol. The molecule has 0 rings (SSSR count). The average molecular weight is 200 g/mol. The average Bonchev–Trinajstić information content (AvgIpc) is 1.35. The Morgan fingerprint density at radius 3 is 1.67 bits per heavy atom. The van der Waals surface area contributed by atoms with Crippen LogP contribution in [0.15, 0.2) is 0 Å². The zero-order chi connectivity index (χ0) is 4.99. The van der Waals surface area contributed by atoms with E-state index in [0.29, 0.717) is 6.42 Å². The van der Waals surface area contributed by atoms with Crippen LogP contribution in [0.2, 0.25) is 5.25 Å². The van der Waals surface area contributed by atoms with E-state index in [9.17, 15) is 4.79 Å². The van der Waals surface area contributed by atoms with Crippen molar-refractivity contribution in [3.63, 3.8) is 0 Å². The van der Waals surface area contributed by atoms with Gasteiger partial charge in [0, 0.05) is 0 Å². The van der Waals surface area contributed by atoms with E-state index in [2.05, 4.69) is 0 Å². The molecule has 0 amide bonds. The Labute approximate surface area is 61.2 Å². The molecule has 0 spiro atoms. The van der Waals surface area contributed by atoms with Crippen LogP contribution in [0.25, 0.3) is 0 Å². The maximum atomic E-state index is 9.60. The molecule has 0 unspecified atom stereocenters. The van der Waals surface area contributed by atoms with E-state index < -0.39 is 5.97 Å². The van der Waals surface area contributed by atoms with Crippen LogP contribution >= 0.6 is 0 Å². The van der Waals surface area contributed by atoms with Gasteiger partial charge in [-0.3, -0.25) is 0 Å². The Kier molecular flexibility index (Phi) is 40.3. The van der Waals surface area contributed by atoms with E-state index in [4.69, 9.17) is 5.11 Å². The molecular weight excluding hydrogens is 189 g/mol. The van der Waals surface area contributed by atoms with Gasteiger partial charge in [-0.25, -0.2) is 0 Å². The molecule has 0 aromatic heterocycles. The molecule has 0 saturated carbocycles. The molecule has 6 heteroatoms. The van der Waals surface area contributed by atoms with E-state index in [1.807, 2.05) is 16.5 Å². The van der Waals surface area contributed by atoms with E-state index >= 15 is 0 Å². The summed E-state index contributed by atoms with van der Waals surface area (Å²) in [4.78, 5) is 9.60. The maximum absolute atomic E-state index is 9.60. The van der Waals surface area contributed by atoms with Crippen LogP contribution in [0.1, 0.15) is 6.42 Å². The summed E-state index contributed by atoms with van der Waals surface area (Å²) in [5.74, 6) is -0.711. The minimum atomic E-state index is -0.711. The van der Waals surface area contributed by atoms with Gasteiger partial charge in [0.15, 0.2) is 0 Å². The Balaban J connectivity index is -0.0000000417. The van der Waals surface area contributed by atoms with Crippen LogP contribution in [0.5, 0.6) is 0 Å². The van der Waals surface area contributed by atoms with Crippen LogP contribution < -0.4 is 0 Å². The first-order valence-electron chi connectivity index (χ1n) is 1.63. The van der Waals surface area contributed by atoms with Crippen molar-refractivity contribution in [2.45, 2.75) is 11.7 Å². The molecule has 0 bridgehead atoms. The summed E-state index contributed by atoms with van der Waals surface area (Å²) in [5.41, 5.74) is 0. The Hall–Kier alpha value is -0.107. The summed E-state index contributed by atoms with van der Waals surface area (Å²) in [6.07, 6.45) is 0.292. The molecule has 0 aliphatic heterocycles. The summed E-state index contributed by atoms with van der Waals surface area (Å²) < 4.78 is 0. The predicted octanol–water partition coefficient (Wildman–Crippen LogP) is -2.43. The topological polar surface area (TPSA) is 132 Å². The number of aliphatic carboxylic acids is 1. The summed E-state index contributed by atoms with van der Waals surface area (Å²) in [5, 5.41) is 8.64. The molecule has 0 saturated heterocycles. The van der Waals surface area contributed by atoms with Gasteiger partial charge < -0.3 is 16.4 Å². The second-order valence-electron chi connectivity index (χ2n) is 0.894. The van der Waals surface area contributed by atoms with Crippen molar-refractivity contribution in [1.82, 2.24) is 0 Å². The molecule has 0 aromatic carbocycles. The molecule has 9 heavy (non-hydrogen) atoms. The normalized spacial score (nSPS) is 5.44. The van der Waals surface area contributed by atoms with Gasteiger partial charge in [-0.1, -0.05) is 0 Å². The van der Waals surface area contributed by atoms with Crippen LogP contribution in [-0.2, 0) is 4.79 Å². The number of carboxylic acids is 1. The van der Waals surface area contributed by atoms with Crippen LogP contribution in [0.4, 0.5) is 0 Å². The van der Waals surface area contributed by atoms with Crippen molar-refractivity contribution in [2.75, 3.05) is 0 Å². The van der Waals surface area contributed by atoms with Crippen molar-refractivity contribution < 1.29 is 26.3 Å². The number of carboxylic acid groups (broad SMARTS) is 1. The molecule has 57 valence electrons. The molecule has 7 N–H and O–H groups in total. The number of rotatable bonds is 2. The van der Waals surface area contributed by atoms with E-state index in [1.165, 1.54) is 0 Å². The van der Waals surface area contributed by atoms with Crippen molar-refractivity contribution in [2.24, 2.45) is 0 Å². The summed E-state index contributed by atoms with van der Waals surface area (Å²) in [6, 6.07) is 0. The SMILES string of the molecule is O.O.O.O=C(O)C[CH2][Ge]. The molecule has 0 aliphatic carbocycles. The van der Waals surface area contributed by atoms with Gasteiger partial charge in [-0.15, -0.1) is 0 Å². The Morgan fingerprint density at radius 1 is 1.33 bits per heavy atom. The summed E-state index contributed by atoms with van der Waals surface area (Å²) >= 11 is 1.84.